The highest BCUT2D eigenvalue weighted by Crippen LogP contribution is 2.27. The van der Waals surface area contributed by atoms with Crippen LogP contribution in [0.3, 0.4) is 0 Å². The summed E-state index contributed by atoms with van der Waals surface area (Å²) in [6.07, 6.45) is 0.955. The smallest absolute Gasteiger partial charge is 0.262 e. The molecule has 0 radical (unpaired) electrons. The topological polar surface area (TPSA) is 69.0 Å². The summed E-state index contributed by atoms with van der Waals surface area (Å²) in [6.45, 7) is 1.97. The fourth-order valence-electron chi connectivity index (χ4n) is 2.87. The first kappa shape index (κ1) is 19.0. The van der Waals surface area contributed by atoms with Crippen LogP contribution < -0.4 is 10.1 Å². The molecule has 6 nitrogen and oxygen atoms in total. The molecule has 0 saturated carbocycles. The minimum absolute atomic E-state index is 0.115. The van der Waals surface area contributed by atoms with Crippen molar-refractivity contribution in [2.24, 2.45) is 0 Å². The number of aromatic nitrogens is 3. The van der Waals surface area contributed by atoms with Gasteiger partial charge < -0.3 is 10.1 Å². The van der Waals surface area contributed by atoms with E-state index in [1.165, 1.54) is 10.4 Å². The van der Waals surface area contributed by atoms with Crippen LogP contribution in [0.1, 0.15) is 12.5 Å². The highest BCUT2D eigenvalue weighted by atomic mass is 35.5. The first-order valence-corrected chi connectivity index (χ1v) is 9.64. The molecule has 0 fully saturated rings. The number of rotatable bonds is 6. The minimum Gasteiger partial charge on any atom is -0.484 e. The Balaban J connectivity index is 1.46. The fourth-order valence-corrected chi connectivity index (χ4v) is 3.07. The summed E-state index contributed by atoms with van der Waals surface area (Å²) in [4.78, 5) is 13.8. The van der Waals surface area contributed by atoms with E-state index in [0.29, 0.717) is 27.5 Å². The molecule has 0 bridgehead atoms. The largest absolute Gasteiger partial charge is 0.484 e. The molecule has 4 rings (SSSR count). The van der Waals surface area contributed by atoms with E-state index in [1.54, 1.807) is 12.1 Å². The summed E-state index contributed by atoms with van der Waals surface area (Å²) >= 11 is 6.32. The Morgan fingerprint density at radius 2 is 1.72 bits per heavy atom. The van der Waals surface area contributed by atoms with Gasteiger partial charge >= 0.3 is 0 Å². The lowest BCUT2D eigenvalue weighted by atomic mass is 10.2. The van der Waals surface area contributed by atoms with Crippen LogP contribution >= 0.6 is 11.6 Å². The van der Waals surface area contributed by atoms with E-state index in [0.717, 1.165) is 12.1 Å². The van der Waals surface area contributed by atoms with Crippen molar-refractivity contribution in [3.63, 3.8) is 0 Å². The Labute approximate surface area is 173 Å². The van der Waals surface area contributed by atoms with Gasteiger partial charge in [0.05, 0.1) is 16.4 Å². The number of fused-ring (bicyclic) bond motifs is 1. The molecule has 1 N–H and O–H groups in total. The Kier molecular flexibility index (Phi) is 5.44. The zero-order valence-electron chi connectivity index (χ0n) is 15.8. The third-order valence-electron chi connectivity index (χ3n) is 4.43. The average molecular weight is 407 g/mol. The Bertz CT molecular complexity index is 1140. The number of amides is 1. The second-order valence-corrected chi connectivity index (χ2v) is 6.89. The van der Waals surface area contributed by atoms with Crippen molar-refractivity contribution in [3.8, 4) is 11.4 Å². The van der Waals surface area contributed by atoms with Crippen LogP contribution in [-0.4, -0.2) is 27.5 Å². The van der Waals surface area contributed by atoms with Crippen molar-refractivity contribution in [2.75, 3.05) is 11.9 Å². The van der Waals surface area contributed by atoms with Gasteiger partial charge in [-0.1, -0.05) is 48.9 Å². The molecule has 0 aliphatic carbocycles. The molecule has 0 unspecified atom stereocenters. The molecule has 7 heteroatoms. The standard InChI is InChI=1S/C22H19ClN4O2/c1-2-15-8-10-17(11-9-15)29-14-22(28)24-19-13-21-20(12-18(19)23)25-27(26-21)16-6-4-3-5-7-16/h3-13H,2,14H2,1H3,(H,24,28). The number of aryl methyl sites for hydroxylation is 1. The number of ether oxygens (including phenoxy) is 1. The van der Waals surface area contributed by atoms with Crippen molar-refractivity contribution in [2.45, 2.75) is 13.3 Å². The highest BCUT2D eigenvalue weighted by Gasteiger charge is 2.12. The second-order valence-electron chi connectivity index (χ2n) is 6.48. The predicted molar refractivity (Wildman–Crippen MR) is 114 cm³/mol. The van der Waals surface area contributed by atoms with Crippen LogP contribution in [0.4, 0.5) is 5.69 Å². The van der Waals surface area contributed by atoms with E-state index in [-0.39, 0.29) is 12.5 Å². The molecule has 0 aliphatic heterocycles. The summed E-state index contributed by atoms with van der Waals surface area (Å²) in [5, 5.41) is 12.1. The van der Waals surface area contributed by atoms with E-state index in [2.05, 4.69) is 22.4 Å². The Morgan fingerprint density at radius 3 is 2.41 bits per heavy atom. The molecular formula is C22H19ClN4O2. The van der Waals surface area contributed by atoms with Crippen molar-refractivity contribution in [3.05, 3.63) is 77.3 Å². The Morgan fingerprint density at radius 1 is 1.03 bits per heavy atom. The SMILES string of the molecule is CCc1ccc(OCC(=O)Nc2cc3nn(-c4ccccc4)nc3cc2Cl)cc1. The van der Waals surface area contributed by atoms with Crippen LogP contribution in [0.15, 0.2) is 66.7 Å². The maximum atomic E-state index is 12.3. The lowest BCUT2D eigenvalue weighted by Crippen LogP contribution is -2.20. The summed E-state index contributed by atoms with van der Waals surface area (Å²) in [5.41, 5.74) is 3.79. The number of carbonyl (C=O) groups excluding carboxylic acids is 1. The van der Waals surface area contributed by atoms with Gasteiger partial charge in [0.2, 0.25) is 0 Å². The summed E-state index contributed by atoms with van der Waals surface area (Å²) in [7, 11) is 0. The van der Waals surface area contributed by atoms with Crippen LogP contribution in [0.2, 0.25) is 5.02 Å². The third-order valence-corrected chi connectivity index (χ3v) is 4.74. The number of hydrogen-bond acceptors (Lipinski definition) is 4. The number of anilines is 1. The second kappa shape index (κ2) is 8.32. The Hall–Kier alpha value is -3.38. The fraction of sp³-hybridized carbons (Fsp3) is 0.136. The van der Waals surface area contributed by atoms with Crippen LogP contribution in [0.5, 0.6) is 5.75 Å². The summed E-state index contributed by atoms with van der Waals surface area (Å²) in [6, 6.07) is 20.6. The predicted octanol–water partition coefficient (Wildman–Crippen LogP) is 4.65. The van der Waals surface area contributed by atoms with Gasteiger partial charge in [0.15, 0.2) is 6.61 Å². The number of nitrogens with one attached hydrogen (secondary N) is 1. The molecule has 1 amide bonds. The highest BCUT2D eigenvalue weighted by molar-refractivity contribution is 6.34. The zero-order valence-corrected chi connectivity index (χ0v) is 16.6. The number of carbonyl (C=O) groups is 1. The molecule has 1 aromatic heterocycles. The van der Waals surface area contributed by atoms with Crippen molar-refractivity contribution in [1.82, 2.24) is 15.0 Å². The van der Waals surface area contributed by atoms with Gasteiger partial charge in [-0.2, -0.15) is 4.80 Å². The number of benzene rings is 3. The molecule has 1 heterocycles. The van der Waals surface area contributed by atoms with Gasteiger partial charge in [-0.25, -0.2) is 0 Å². The van der Waals surface area contributed by atoms with Crippen LogP contribution in [0, 0.1) is 0 Å². The van der Waals surface area contributed by atoms with Gasteiger partial charge in [-0.05, 0) is 48.4 Å². The first-order chi connectivity index (χ1) is 14.1. The van der Waals surface area contributed by atoms with Gasteiger partial charge in [-0.15, -0.1) is 10.2 Å². The maximum Gasteiger partial charge on any atom is 0.262 e. The summed E-state index contributed by atoms with van der Waals surface area (Å²) in [5.74, 6) is 0.339. The molecule has 146 valence electrons. The minimum atomic E-state index is -0.304. The van der Waals surface area contributed by atoms with E-state index < -0.39 is 0 Å². The van der Waals surface area contributed by atoms with Crippen molar-refractivity contribution in [1.29, 1.82) is 0 Å². The van der Waals surface area contributed by atoms with Gasteiger partial charge in [0, 0.05) is 0 Å². The molecule has 0 spiro atoms. The monoisotopic (exact) mass is 406 g/mol. The quantitative estimate of drug-likeness (QED) is 0.506. The van der Waals surface area contributed by atoms with Gasteiger partial charge in [0.1, 0.15) is 16.8 Å². The average Bonchev–Trinajstić information content (AvgIpc) is 3.16. The molecule has 0 saturated heterocycles. The van der Waals surface area contributed by atoms with Crippen molar-refractivity contribution >= 4 is 34.2 Å². The summed E-state index contributed by atoms with van der Waals surface area (Å²) < 4.78 is 5.54. The lowest BCUT2D eigenvalue weighted by molar-refractivity contribution is -0.118. The van der Waals surface area contributed by atoms with Gasteiger partial charge in [0.25, 0.3) is 5.91 Å². The normalized spacial score (nSPS) is 10.8. The molecule has 29 heavy (non-hydrogen) atoms. The number of hydrogen-bond donors (Lipinski definition) is 1. The van der Waals surface area contributed by atoms with E-state index in [4.69, 9.17) is 16.3 Å². The lowest BCUT2D eigenvalue weighted by Gasteiger charge is -2.09. The molecule has 3 aromatic carbocycles. The molecule has 0 aliphatic rings. The first-order valence-electron chi connectivity index (χ1n) is 9.26. The van der Waals surface area contributed by atoms with Gasteiger partial charge in [-0.3, -0.25) is 4.79 Å². The zero-order chi connectivity index (χ0) is 20.2. The van der Waals surface area contributed by atoms with Crippen LogP contribution in [0.25, 0.3) is 16.7 Å². The molecule has 0 atom stereocenters. The third kappa shape index (κ3) is 4.38. The van der Waals surface area contributed by atoms with Crippen molar-refractivity contribution < 1.29 is 9.53 Å². The number of halogens is 1. The molecule has 4 aromatic rings. The maximum absolute atomic E-state index is 12.3. The van der Waals surface area contributed by atoms with E-state index in [9.17, 15) is 4.79 Å². The van der Waals surface area contributed by atoms with E-state index in [1.807, 2.05) is 54.6 Å². The number of nitrogens with zero attached hydrogens (tertiary/aromatic N) is 3. The van der Waals surface area contributed by atoms with E-state index >= 15 is 0 Å². The molecular weight excluding hydrogens is 388 g/mol. The number of para-hydroxylation sites is 1. The van der Waals surface area contributed by atoms with Crippen LogP contribution in [-0.2, 0) is 11.2 Å².